The molecule has 1 N–H and O–H groups in total. The van der Waals surface area contributed by atoms with Crippen LogP contribution in [0.3, 0.4) is 0 Å². The summed E-state index contributed by atoms with van der Waals surface area (Å²) in [6, 6.07) is 8.37. The second-order valence-corrected chi connectivity index (χ2v) is 7.82. The lowest BCUT2D eigenvalue weighted by atomic mass is 9.78. The summed E-state index contributed by atoms with van der Waals surface area (Å²) in [5, 5.41) is 3.47. The molecule has 0 atom stereocenters. The van der Waals surface area contributed by atoms with Crippen molar-refractivity contribution in [3.63, 3.8) is 0 Å². The zero-order valence-electron chi connectivity index (χ0n) is 15.5. The number of benzene rings is 1. The van der Waals surface area contributed by atoms with Crippen molar-refractivity contribution in [2.45, 2.75) is 33.1 Å². The number of rotatable bonds is 2. The molecule has 2 aliphatic rings. The molecule has 1 aromatic heterocycles. The monoisotopic (exact) mass is 355 g/mol. The topological polar surface area (TPSA) is 37.3 Å². The van der Waals surface area contributed by atoms with E-state index in [0.29, 0.717) is 5.41 Å². The lowest BCUT2D eigenvalue weighted by Crippen LogP contribution is -2.44. The van der Waals surface area contributed by atoms with E-state index in [0.717, 1.165) is 61.7 Å². The van der Waals surface area contributed by atoms with Crippen molar-refractivity contribution < 1.29 is 9.18 Å². The molecule has 2 aliphatic heterocycles. The summed E-state index contributed by atoms with van der Waals surface area (Å²) in [5.74, 6) is -0.136. The number of hydrogen-bond donors (Lipinski definition) is 1. The number of nitrogens with zero attached hydrogens (tertiary/aromatic N) is 2. The normalized spacial score (nSPS) is 19.3. The largest absolute Gasteiger partial charge is 0.339 e. The van der Waals surface area contributed by atoms with E-state index in [-0.39, 0.29) is 11.7 Å². The first kappa shape index (κ1) is 17.3. The zero-order chi connectivity index (χ0) is 18.3. The van der Waals surface area contributed by atoms with E-state index in [4.69, 9.17) is 0 Å². The van der Waals surface area contributed by atoms with Gasteiger partial charge in [-0.3, -0.25) is 4.79 Å². The fourth-order valence-corrected chi connectivity index (χ4v) is 4.54. The van der Waals surface area contributed by atoms with Crippen LogP contribution in [0.4, 0.5) is 4.39 Å². The van der Waals surface area contributed by atoms with E-state index in [1.807, 2.05) is 29.4 Å². The standard InChI is InChI=1S/C21H26FN3O/c1-15-13-19(16(2)25(15)18-5-3-17(22)4-6-18)20(26)24-11-8-21(9-12-24)7-10-23-14-21/h3-6,13,23H,7-12,14H2,1-2H3. The zero-order valence-corrected chi connectivity index (χ0v) is 15.5. The third-order valence-corrected chi connectivity index (χ3v) is 6.19. The third-order valence-electron chi connectivity index (χ3n) is 6.19. The Hall–Kier alpha value is -2.14. The molecule has 5 heteroatoms. The van der Waals surface area contributed by atoms with Crippen LogP contribution in [0.1, 0.15) is 41.0 Å². The first-order valence-corrected chi connectivity index (χ1v) is 9.44. The molecule has 0 saturated carbocycles. The number of piperidine rings is 1. The molecule has 0 bridgehead atoms. The summed E-state index contributed by atoms with van der Waals surface area (Å²) in [7, 11) is 0. The smallest absolute Gasteiger partial charge is 0.255 e. The van der Waals surface area contributed by atoms with Crippen molar-refractivity contribution >= 4 is 5.91 Å². The van der Waals surface area contributed by atoms with Gasteiger partial charge in [0.1, 0.15) is 5.82 Å². The fraction of sp³-hybridized carbons (Fsp3) is 0.476. The summed E-state index contributed by atoms with van der Waals surface area (Å²) < 4.78 is 15.3. The van der Waals surface area contributed by atoms with Gasteiger partial charge in [0.05, 0.1) is 5.56 Å². The summed E-state index contributed by atoms with van der Waals surface area (Å²) in [4.78, 5) is 15.1. The van der Waals surface area contributed by atoms with Crippen molar-refractivity contribution in [1.82, 2.24) is 14.8 Å². The van der Waals surface area contributed by atoms with Gasteiger partial charge in [-0.25, -0.2) is 4.39 Å². The van der Waals surface area contributed by atoms with Gasteiger partial charge in [0.25, 0.3) is 5.91 Å². The van der Waals surface area contributed by atoms with Crippen molar-refractivity contribution in [2.75, 3.05) is 26.2 Å². The number of aryl methyl sites for hydroxylation is 1. The first-order valence-electron chi connectivity index (χ1n) is 9.44. The van der Waals surface area contributed by atoms with Crippen molar-refractivity contribution in [2.24, 2.45) is 5.41 Å². The lowest BCUT2D eigenvalue weighted by Gasteiger charge is -2.38. The molecular formula is C21H26FN3O. The highest BCUT2D eigenvalue weighted by molar-refractivity contribution is 5.96. The van der Waals surface area contributed by atoms with E-state index in [1.54, 1.807) is 12.1 Å². The SMILES string of the molecule is Cc1cc(C(=O)N2CCC3(CCNC3)CC2)c(C)n1-c1ccc(F)cc1. The lowest BCUT2D eigenvalue weighted by molar-refractivity contribution is 0.0607. The van der Waals surface area contributed by atoms with E-state index < -0.39 is 0 Å². The molecule has 0 aliphatic carbocycles. The molecular weight excluding hydrogens is 329 g/mol. The van der Waals surface area contributed by atoms with E-state index in [1.165, 1.54) is 18.6 Å². The van der Waals surface area contributed by atoms with Crippen LogP contribution >= 0.6 is 0 Å². The third kappa shape index (κ3) is 2.94. The predicted octanol–water partition coefficient (Wildman–Crippen LogP) is 3.45. The fourth-order valence-electron chi connectivity index (χ4n) is 4.54. The van der Waals surface area contributed by atoms with Gasteiger partial charge in [-0.2, -0.15) is 0 Å². The molecule has 138 valence electrons. The molecule has 2 fully saturated rings. The second kappa shape index (κ2) is 6.54. The molecule has 4 nitrogen and oxygen atoms in total. The Balaban J connectivity index is 1.55. The Kier molecular flexibility index (Phi) is 4.35. The minimum absolute atomic E-state index is 0.118. The number of carbonyl (C=O) groups is 1. The van der Waals surface area contributed by atoms with Gasteiger partial charge in [0.15, 0.2) is 0 Å². The maximum absolute atomic E-state index is 13.2. The van der Waals surface area contributed by atoms with Crippen LogP contribution < -0.4 is 5.32 Å². The van der Waals surface area contributed by atoms with Gasteiger partial charge in [-0.1, -0.05) is 0 Å². The summed E-state index contributed by atoms with van der Waals surface area (Å²) in [6.45, 7) is 7.82. The van der Waals surface area contributed by atoms with Gasteiger partial charge in [0.2, 0.25) is 0 Å². The number of hydrogen-bond acceptors (Lipinski definition) is 2. The summed E-state index contributed by atoms with van der Waals surface area (Å²) in [5.41, 5.74) is 3.96. The maximum Gasteiger partial charge on any atom is 0.255 e. The van der Waals surface area contributed by atoms with Crippen molar-refractivity contribution in [3.8, 4) is 5.69 Å². The number of amides is 1. The summed E-state index contributed by atoms with van der Waals surface area (Å²) in [6.07, 6.45) is 3.40. The average molecular weight is 355 g/mol. The molecule has 1 amide bonds. The van der Waals surface area contributed by atoms with E-state index in [2.05, 4.69) is 5.32 Å². The van der Waals surface area contributed by atoms with Crippen LogP contribution in [0.5, 0.6) is 0 Å². The summed E-state index contributed by atoms with van der Waals surface area (Å²) >= 11 is 0. The molecule has 26 heavy (non-hydrogen) atoms. The Morgan fingerprint density at radius 1 is 1.12 bits per heavy atom. The first-order chi connectivity index (χ1) is 12.5. The Morgan fingerprint density at radius 2 is 1.81 bits per heavy atom. The Bertz CT molecular complexity index is 809. The van der Waals surface area contributed by atoms with E-state index in [9.17, 15) is 9.18 Å². The molecule has 2 saturated heterocycles. The van der Waals surface area contributed by atoms with Crippen LogP contribution in [0.25, 0.3) is 5.69 Å². The van der Waals surface area contributed by atoms with Crippen molar-refractivity contribution in [1.29, 1.82) is 0 Å². The highest BCUT2D eigenvalue weighted by Crippen LogP contribution is 2.37. The Morgan fingerprint density at radius 3 is 2.42 bits per heavy atom. The minimum Gasteiger partial charge on any atom is -0.339 e. The quantitative estimate of drug-likeness (QED) is 0.896. The number of likely N-dealkylation sites (tertiary alicyclic amines) is 1. The Labute approximate surface area is 154 Å². The number of carbonyl (C=O) groups excluding carboxylic acids is 1. The molecule has 2 aromatic rings. The predicted molar refractivity (Wildman–Crippen MR) is 100 cm³/mol. The molecule has 4 rings (SSSR count). The molecule has 0 unspecified atom stereocenters. The molecule has 1 aromatic carbocycles. The molecule has 0 radical (unpaired) electrons. The second-order valence-electron chi connectivity index (χ2n) is 7.82. The van der Waals surface area contributed by atoms with Crippen LogP contribution in [0.15, 0.2) is 30.3 Å². The average Bonchev–Trinajstić information content (AvgIpc) is 3.21. The highest BCUT2D eigenvalue weighted by Gasteiger charge is 2.38. The van der Waals surface area contributed by atoms with Crippen LogP contribution in [0, 0.1) is 25.1 Å². The van der Waals surface area contributed by atoms with Crippen LogP contribution in [0.2, 0.25) is 0 Å². The number of aromatic nitrogens is 1. The van der Waals surface area contributed by atoms with Gasteiger partial charge in [-0.05, 0) is 75.4 Å². The van der Waals surface area contributed by atoms with Crippen LogP contribution in [-0.2, 0) is 0 Å². The minimum atomic E-state index is -0.254. The van der Waals surface area contributed by atoms with E-state index >= 15 is 0 Å². The van der Waals surface area contributed by atoms with Crippen molar-refractivity contribution in [3.05, 3.63) is 53.1 Å². The highest BCUT2D eigenvalue weighted by atomic mass is 19.1. The molecule has 1 spiro atoms. The maximum atomic E-state index is 13.2. The van der Waals surface area contributed by atoms with Gasteiger partial charge < -0.3 is 14.8 Å². The molecule has 3 heterocycles. The van der Waals surface area contributed by atoms with Gasteiger partial charge in [-0.15, -0.1) is 0 Å². The van der Waals surface area contributed by atoms with Gasteiger partial charge >= 0.3 is 0 Å². The number of nitrogens with one attached hydrogen (secondary N) is 1. The van der Waals surface area contributed by atoms with Crippen LogP contribution in [-0.4, -0.2) is 41.6 Å². The number of halogens is 1. The van der Waals surface area contributed by atoms with Gasteiger partial charge in [0, 0.05) is 36.7 Å².